The monoisotopic (exact) mass is 1240 g/mol. The standard InChI is InChI=1S/C76H150NO8P/c1-3-5-7-9-11-13-15-17-19-21-23-25-27-29-31-33-34-35-36-37-38-39-41-42-44-46-48-50-52-54-56-58-60-62-64-66-68-75(78)82-72-74(73-84-86(80,81)83-71-70-77)85-76(79)69-67-65-63-61-59-57-55-53-51-49-47-45-43-40-32-30-28-26-24-22-20-18-16-14-12-10-8-6-4-2/h22,24,74H,3-21,23,25-73,77H2,1-2H3,(H,80,81)/b24-22-. The molecule has 0 saturated carbocycles. The molecule has 0 aromatic carbocycles. The number of unbranched alkanes of at least 4 members (excludes halogenated alkanes) is 60. The highest BCUT2D eigenvalue weighted by Gasteiger charge is 2.26. The zero-order valence-electron chi connectivity index (χ0n) is 57.9. The fourth-order valence-electron chi connectivity index (χ4n) is 12.2. The highest BCUT2D eigenvalue weighted by molar-refractivity contribution is 7.47. The summed E-state index contributed by atoms with van der Waals surface area (Å²) in [6.07, 6.45) is 89.2. The average Bonchev–Trinajstić information content (AvgIpc) is 3.55. The summed E-state index contributed by atoms with van der Waals surface area (Å²) in [5.74, 6) is -0.798. The Morgan fingerprint density at radius 1 is 0.337 bits per heavy atom. The highest BCUT2D eigenvalue weighted by atomic mass is 31.2. The van der Waals surface area contributed by atoms with Crippen molar-refractivity contribution >= 4 is 19.8 Å². The van der Waals surface area contributed by atoms with E-state index in [0.717, 1.165) is 32.1 Å². The Labute approximate surface area is 536 Å². The third-order valence-electron chi connectivity index (χ3n) is 17.9. The van der Waals surface area contributed by atoms with Crippen molar-refractivity contribution < 1.29 is 37.6 Å². The lowest BCUT2D eigenvalue weighted by molar-refractivity contribution is -0.161. The molecule has 0 radical (unpaired) electrons. The lowest BCUT2D eigenvalue weighted by Gasteiger charge is -2.19. The summed E-state index contributed by atoms with van der Waals surface area (Å²) in [6.45, 7) is 3.84. The lowest BCUT2D eigenvalue weighted by Crippen LogP contribution is -2.29. The first kappa shape index (κ1) is 84.8. The first-order valence-electron chi connectivity index (χ1n) is 38.7. The van der Waals surface area contributed by atoms with Gasteiger partial charge in [-0.25, -0.2) is 4.57 Å². The Bertz CT molecular complexity index is 1410. The van der Waals surface area contributed by atoms with Gasteiger partial charge < -0.3 is 20.1 Å². The van der Waals surface area contributed by atoms with Crippen LogP contribution in [-0.2, 0) is 32.7 Å². The van der Waals surface area contributed by atoms with Gasteiger partial charge in [0.25, 0.3) is 0 Å². The van der Waals surface area contributed by atoms with E-state index in [-0.39, 0.29) is 38.6 Å². The Balaban J connectivity index is 3.74. The summed E-state index contributed by atoms with van der Waals surface area (Å²) < 4.78 is 33.3. The molecule has 0 bridgehead atoms. The Morgan fingerprint density at radius 2 is 0.570 bits per heavy atom. The third-order valence-corrected chi connectivity index (χ3v) is 18.9. The van der Waals surface area contributed by atoms with E-state index < -0.39 is 26.5 Å². The summed E-state index contributed by atoms with van der Waals surface area (Å²) in [6, 6.07) is 0. The van der Waals surface area contributed by atoms with Crippen LogP contribution in [0.25, 0.3) is 0 Å². The maximum absolute atomic E-state index is 12.8. The molecule has 0 aliphatic rings. The minimum atomic E-state index is -4.39. The van der Waals surface area contributed by atoms with Crippen molar-refractivity contribution in [2.45, 2.75) is 437 Å². The molecule has 0 aliphatic heterocycles. The van der Waals surface area contributed by atoms with Crippen LogP contribution in [0.4, 0.5) is 0 Å². The predicted molar refractivity (Wildman–Crippen MR) is 372 cm³/mol. The molecule has 0 fully saturated rings. The zero-order chi connectivity index (χ0) is 62.3. The van der Waals surface area contributed by atoms with Gasteiger partial charge in [-0.05, 0) is 38.5 Å². The van der Waals surface area contributed by atoms with Gasteiger partial charge in [0.15, 0.2) is 6.10 Å². The number of ether oxygens (including phenoxy) is 2. The van der Waals surface area contributed by atoms with Gasteiger partial charge in [0.2, 0.25) is 0 Å². The maximum Gasteiger partial charge on any atom is 0.472 e. The van der Waals surface area contributed by atoms with Crippen LogP contribution >= 0.6 is 7.82 Å². The largest absolute Gasteiger partial charge is 0.472 e. The molecule has 2 unspecified atom stereocenters. The molecular formula is C76H150NO8P. The van der Waals surface area contributed by atoms with Crippen LogP contribution in [-0.4, -0.2) is 49.3 Å². The minimum Gasteiger partial charge on any atom is -0.462 e. The van der Waals surface area contributed by atoms with Crippen LogP contribution in [0.15, 0.2) is 12.2 Å². The number of carbonyl (C=O) groups excluding carboxylic acids is 2. The third kappa shape index (κ3) is 71.8. The number of hydrogen-bond donors (Lipinski definition) is 2. The smallest absolute Gasteiger partial charge is 0.462 e. The molecule has 86 heavy (non-hydrogen) atoms. The number of phosphoric acid groups is 1. The molecule has 0 rings (SSSR count). The second kappa shape index (κ2) is 72.8. The molecule has 0 spiro atoms. The first-order chi connectivity index (χ1) is 42.3. The van der Waals surface area contributed by atoms with Crippen molar-refractivity contribution in [1.82, 2.24) is 0 Å². The van der Waals surface area contributed by atoms with E-state index in [1.54, 1.807) is 0 Å². The van der Waals surface area contributed by atoms with Gasteiger partial charge in [0.05, 0.1) is 13.2 Å². The van der Waals surface area contributed by atoms with Crippen molar-refractivity contribution in [2.24, 2.45) is 5.73 Å². The SMILES string of the molecule is CCCCCCCCCC/C=C\CCCCCCCCCCCCCCCCCCCC(=O)OC(COC(=O)CCCCCCCCCCCCCCCCCCCCCCCCCCCCCCCCCCCCCC)COP(=O)(O)OCCN. The van der Waals surface area contributed by atoms with Crippen LogP contribution in [0.3, 0.4) is 0 Å². The van der Waals surface area contributed by atoms with Gasteiger partial charge in [-0.15, -0.1) is 0 Å². The fourth-order valence-corrected chi connectivity index (χ4v) is 12.9. The van der Waals surface area contributed by atoms with Crippen molar-refractivity contribution in [3.05, 3.63) is 12.2 Å². The van der Waals surface area contributed by atoms with Crippen molar-refractivity contribution in [3.8, 4) is 0 Å². The summed E-state index contributed by atoms with van der Waals surface area (Å²) in [5.41, 5.74) is 5.41. The summed E-state index contributed by atoms with van der Waals surface area (Å²) >= 11 is 0. The van der Waals surface area contributed by atoms with Crippen LogP contribution in [0.2, 0.25) is 0 Å². The molecule has 10 heteroatoms. The summed E-state index contributed by atoms with van der Waals surface area (Å²) in [5, 5.41) is 0. The van der Waals surface area contributed by atoms with Gasteiger partial charge >= 0.3 is 19.8 Å². The van der Waals surface area contributed by atoms with E-state index in [1.807, 2.05) is 0 Å². The number of carbonyl (C=O) groups is 2. The molecule has 0 saturated heterocycles. The van der Waals surface area contributed by atoms with Crippen LogP contribution in [0, 0.1) is 0 Å². The fraction of sp³-hybridized carbons (Fsp3) is 0.947. The van der Waals surface area contributed by atoms with Gasteiger partial charge in [-0.3, -0.25) is 18.6 Å². The second-order valence-corrected chi connectivity index (χ2v) is 28.0. The number of phosphoric ester groups is 1. The van der Waals surface area contributed by atoms with Gasteiger partial charge in [-0.1, -0.05) is 392 Å². The predicted octanol–water partition coefficient (Wildman–Crippen LogP) is 25.5. The molecule has 0 aliphatic carbocycles. The van der Waals surface area contributed by atoms with Crippen molar-refractivity contribution in [3.63, 3.8) is 0 Å². The number of nitrogens with two attached hydrogens (primary N) is 1. The topological polar surface area (TPSA) is 134 Å². The van der Waals surface area contributed by atoms with Crippen molar-refractivity contribution in [1.29, 1.82) is 0 Å². The summed E-state index contributed by atoms with van der Waals surface area (Å²) in [4.78, 5) is 35.4. The molecule has 9 nitrogen and oxygen atoms in total. The lowest BCUT2D eigenvalue weighted by atomic mass is 10.0. The van der Waals surface area contributed by atoms with Crippen LogP contribution < -0.4 is 5.73 Å². The highest BCUT2D eigenvalue weighted by Crippen LogP contribution is 2.43. The summed E-state index contributed by atoms with van der Waals surface area (Å²) in [7, 11) is -4.39. The number of hydrogen-bond acceptors (Lipinski definition) is 8. The Hall–Kier alpha value is -1.25. The maximum atomic E-state index is 12.8. The van der Waals surface area contributed by atoms with Gasteiger partial charge in [0, 0.05) is 19.4 Å². The van der Waals surface area contributed by atoms with E-state index in [2.05, 4.69) is 26.0 Å². The second-order valence-electron chi connectivity index (χ2n) is 26.6. The van der Waals surface area contributed by atoms with E-state index in [4.69, 9.17) is 24.3 Å². The number of esters is 2. The van der Waals surface area contributed by atoms with Crippen LogP contribution in [0.1, 0.15) is 431 Å². The molecule has 0 aromatic heterocycles. The Kier molecular flexibility index (Phi) is 71.8. The van der Waals surface area contributed by atoms with E-state index >= 15 is 0 Å². The van der Waals surface area contributed by atoms with E-state index in [9.17, 15) is 19.0 Å². The molecule has 0 amide bonds. The average molecular weight is 1240 g/mol. The molecular weight excluding hydrogens is 1090 g/mol. The normalized spacial score (nSPS) is 12.8. The first-order valence-corrected chi connectivity index (χ1v) is 40.2. The van der Waals surface area contributed by atoms with Gasteiger partial charge in [0.1, 0.15) is 6.61 Å². The zero-order valence-corrected chi connectivity index (χ0v) is 58.7. The molecule has 512 valence electrons. The molecule has 0 heterocycles. The molecule has 0 aromatic rings. The Morgan fingerprint density at radius 3 is 0.826 bits per heavy atom. The van der Waals surface area contributed by atoms with Crippen molar-refractivity contribution in [2.75, 3.05) is 26.4 Å². The van der Waals surface area contributed by atoms with Gasteiger partial charge in [-0.2, -0.15) is 0 Å². The molecule has 2 atom stereocenters. The number of allylic oxidation sites excluding steroid dienone is 2. The number of rotatable bonds is 75. The van der Waals surface area contributed by atoms with E-state index in [1.165, 1.54) is 366 Å². The minimum absolute atomic E-state index is 0.0578. The van der Waals surface area contributed by atoms with E-state index in [0.29, 0.717) is 6.42 Å². The van der Waals surface area contributed by atoms with Crippen LogP contribution in [0.5, 0.6) is 0 Å². The quantitative estimate of drug-likeness (QED) is 0.0264. The molecule has 3 N–H and O–H groups in total.